The van der Waals surface area contributed by atoms with Crippen LogP contribution in [-0.4, -0.2) is 17.7 Å². The minimum Gasteiger partial charge on any atom is -0.375 e. The molecule has 1 aliphatic heterocycles. The number of rotatable bonds is 1. The normalized spacial score (nSPS) is 41.4. The summed E-state index contributed by atoms with van der Waals surface area (Å²) in [7, 11) is 0. The molecule has 0 radical (unpaired) electrons. The fourth-order valence-electron chi connectivity index (χ4n) is 5.36. The Labute approximate surface area is 124 Å². The van der Waals surface area contributed by atoms with Crippen molar-refractivity contribution in [1.29, 1.82) is 0 Å². The third kappa shape index (κ3) is 2.43. The monoisotopic (exact) mass is 279 g/mol. The van der Waals surface area contributed by atoms with Gasteiger partial charge in [0.05, 0.1) is 5.60 Å². The zero-order chi connectivity index (χ0) is 14.4. The highest BCUT2D eigenvalue weighted by Gasteiger charge is 2.53. The van der Waals surface area contributed by atoms with Crippen molar-refractivity contribution in [3.05, 3.63) is 0 Å². The Balaban J connectivity index is 1.81. The van der Waals surface area contributed by atoms with E-state index >= 15 is 0 Å². The largest absolute Gasteiger partial charge is 0.375 e. The highest BCUT2D eigenvalue weighted by molar-refractivity contribution is 5.07. The highest BCUT2D eigenvalue weighted by Crippen LogP contribution is 2.53. The van der Waals surface area contributed by atoms with Gasteiger partial charge in [-0.2, -0.15) is 0 Å². The average molecular weight is 279 g/mol. The quantitative estimate of drug-likeness (QED) is 0.778. The van der Waals surface area contributed by atoms with Crippen LogP contribution in [0.1, 0.15) is 78.6 Å². The predicted molar refractivity (Wildman–Crippen MR) is 83.6 cm³/mol. The second-order valence-electron chi connectivity index (χ2n) is 8.85. The maximum absolute atomic E-state index is 7.11. The lowest BCUT2D eigenvalue weighted by Gasteiger charge is -2.57. The van der Waals surface area contributed by atoms with Crippen LogP contribution in [0, 0.1) is 17.3 Å². The van der Waals surface area contributed by atoms with Crippen LogP contribution in [0.15, 0.2) is 0 Å². The van der Waals surface area contributed by atoms with E-state index in [0.29, 0.717) is 17.3 Å². The van der Waals surface area contributed by atoms with Crippen LogP contribution in [0.5, 0.6) is 0 Å². The standard InChI is InChI=1S/C18H33NO/c1-16(2,3)15-7-4-5-11-18(15,19)14-8-12-20-17(13-14)9-6-10-17/h14-15H,4-13,19H2,1-3H3. The molecule has 1 spiro atoms. The zero-order valence-corrected chi connectivity index (χ0v) is 13.7. The minimum atomic E-state index is 0.0584. The third-order valence-corrected chi connectivity index (χ3v) is 6.56. The van der Waals surface area contributed by atoms with Gasteiger partial charge in [-0.1, -0.05) is 33.6 Å². The van der Waals surface area contributed by atoms with Gasteiger partial charge in [0.25, 0.3) is 0 Å². The van der Waals surface area contributed by atoms with Crippen molar-refractivity contribution in [3.8, 4) is 0 Å². The molecular weight excluding hydrogens is 246 g/mol. The van der Waals surface area contributed by atoms with Gasteiger partial charge in [-0.05, 0) is 62.2 Å². The number of ether oxygens (including phenoxy) is 1. The van der Waals surface area contributed by atoms with Gasteiger partial charge in [0.2, 0.25) is 0 Å². The van der Waals surface area contributed by atoms with Crippen molar-refractivity contribution < 1.29 is 4.74 Å². The van der Waals surface area contributed by atoms with Crippen molar-refractivity contribution in [2.24, 2.45) is 23.0 Å². The van der Waals surface area contributed by atoms with Gasteiger partial charge in [0.15, 0.2) is 0 Å². The summed E-state index contributed by atoms with van der Waals surface area (Å²) < 4.78 is 6.13. The van der Waals surface area contributed by atoms with Gasteiger partial charge in [-0.25, -0.2) is 0 Å². The van der Waals surface area contributed by atoms with Crippen molar-refractivity contribution in [3.63, 3.8) is 0 Å². The van der Waals surface area contributed by atoms with Gasteiger partial charge in [-0.15, -0.1) is 0 Å². The molecule has 3 aliphatic rings. The van der Waals surface area contributed by atoms with E-state index < -0.39 is 0 Å². The molecule has 2 saturated carbocycles. The Morgan fingerprint density at radius 3 is 2.35 bits per heavy atom. The molecule has 0 amide bonds. The third-order valence-electron chi connectivity index (χ3n) is 6.56. The van der Waals surface area contributed by atoms with Gasteiger partial charge in [0.1, 0.15) is 0 Å². The summed E-state index contributed by atoms with van der Waals surface area (Å²) in [6.45, 7) is 8.12. The Bertz CT molecular complexity index is 355. The molecular formula is C18H33NO. The molecule has 2 nitrogen and oxygen atoms in total. The van der Waals surface area contributed by atoms with E-state index in [1.165, 1.54) is 57.8 Å². The molecule has 3 fully saturated rings. The summed E-state index contributed by atoms with van der Waals surface area (Å²) >= 11 is 0. The molecule has 2 heteroatoms. The fourth-order valence-corrected chi connectivity index (χ4v) is 5.36. The Kier molecular flexibility index (Phi) is 3.70. The highest BCUT2D eigenvalue weighted by atomic mass is 16.5. The van der Waals surface area contributed by atoms with E-state index in [4.69, 9.17) is 10.5 Å². The molecule has 1 heterocycles. The molecule has 0 aromatic rings. The lowest BCUT2D eigenvalue weighted by atomic mass is 9.55. The van der Waals surface area contributed by atoms with E-state index in [1.54, 1.807) is 0 Å². The zero-order valence-electron chi connectivity index (χ0n) is 13.7. The van der Waals surface area contributed by atoms with Crippen LogP contribution in [0.25, 0.3) is 0 Å². The first-order valence-corrected chi connectivity index (χ1v) is 8.79. The Hall–Kier alpha value is -0.0800. The van der Waals surface area contributed by atoms with E-state index in [1.807, 2.05) is 0 Å². The molecule has 3 atom stereocenters. The molecule has 0 aromatic heterocycles. The fraction of sp³-hybridized carbons (Fsp3) is 1.00. The maximum Gasteiger partial charge on any atom is 0.0686 e. The molecule has 0 bridgehead atoms. The molecule has 0 aromatic carbocycles. The molecule has 1 saturated heterocycles. The first-order valence-electron chi connectivity index (χ1n) is 8.79. The van der Waals surface area contributed by atoms with Gasteiger partial charge < -0.3 is 10.5 Å². The Morgan fingerprint density at radius 2 is 1.75 bits per heavy atom. The second kappa shape index (κ2) is 4.98. The van der Waals surface area contributed by atoms with E-state index in [0.717, 1.165) is 6.61 Å². The molecule has 2 aliphatic carbocycles. The van der Waals surface area contributed by atoms with Crippen molar-refractivity contribution >= 4 is 0 Å². The molecule has 116 valence electrons. The summed E-state index contributed by atoms with van der Waals surface area (Å²) in [5.74, 6) is 1.35. The van der Waals surface area contributed by atoms with Gasteiger partial charge >= 0.3 is 0 Å². The molecule has 20 heavy (non-hydrogen) atoms. The second-order valence-corrected chi connectivity index (χ2v) is 8.85. The van der Waals surface area contributed by atoms with Crippen LogP contribution >= 0.6 is 0 Å². The van der Waals surface area contributed by atoms with Crippen molar-refractivity contribution in [2.45, 2.75) is 89.7 Å². The number of hydrogen-bond donors (Lipinski definition) is 1. The lowest BCUT2D eigenvalue weighted by molar-refractivity contribution is -0.161. The Morgan fingerprint density at radius 1 is 1.00 bits per heavy atom. The van der Waals surface area contributed by atoms with Gasteiger partial charge in [-0.3, -0.25) is 0 Å². The van der Waals surface area contributed by atoms with Crippen LogP contribution < -0.4 is 5.73 Å². The summed E-state index contributed by atoms with van der Waals surface area (Å²) in [5, 5.41) is 0. The summed E-state index contributed by atoms with van der Waals surface area (Å²) in [4.78, 5) is 0. The number of hydrogen-bond acceptors (Lipinski definition) is 2. The lowest BCUT2D eigenvalue weighted by Crippen LogP contribution is -2.62. The summed E-state index contributed by atoms with van der Waals surface area (Å²) in [6.07, 6.45) is 11.6. The first kappa shape index (κ1) is 14.8. The predicted octanol–water partition coefficient (Wildman–Crippen LogP) is 4.27. The topological polar surface area (TPSA) is 35.2 Å². The summed E-state index contributed by atoms with van der Waals surface area (Å²) in [6, 6.07) is 0. The molecule has 3 rings (SSSR count). The first-order chi connectivity index (χ1) is 9.36. The van der Waals surface area contributed by atoms with Crippen LogP contribution in [0.3, 0.4) is 0 Å². The van der Waals surface area contributed by atoms with Crippen LogP contribution in [0.2, 0.25) is 0 Å². The molecule has 2 N–H and O–H groups in total. The minimum absolute atomic E-state index is 0.0584. The smallest absolute Gasteiger partial charge is 0.0686 e. The van der Waals surface area contributed by atoms with E-state index in [9.17, 15) is 0 Å². The molecule has 3 unspecified atom stereocenters. The SMILES string of the molecule is CC(C)(C)C1CCCCC1(N)C1CCOC2(CCC2)C1. The maximum atomic E-state index is 7.11. The van der Waals surface area contributed by atoms with Gasteiger partial charge in [0, 0.05) is 12.1 Å². The van der Waals surface area contributed by atoms with Crippen LogP contribution in [-0.2, 0) is 4.74 Å². The van der Waals surface area contributed by atoms with E-state index in [2.05, 4.69) is 20.8 Å². The van der Waals surface area contributed by atoms with Crippen molar-refractivity contribution in [2.75, 3.05) is 6.61 Å². The number of nitrogens with two attached hydrogens (primary N) is 1. The summed E-state index contributed by atoms with van der Waals surface area (Å²) in [5.41, 5.74) is 7.73. The van der Waals surface area contributed by atoms with Crippen molar-refractivity contribution in [1.82, 2.24) is 0 Å². The van der Waals surface area contributed by atoms with Crippen LogP contribution in [0.4, 0.5) is 0 Å². The average Bonchev–Trinajstić information content (AvgIpc) is 2.36. The van der Waals surface area contributed by atoms with E-state index in [-0.39, 0.29) is 11.1 Å².